The Balaban J connectivity index is 2.55. The van der Waals surface area contributed by atoms with E-state index in [4.69, 9.17) is 17.4 Å². The average molecular weight is 289 g/mol. The summed E-state index contributed by atoms with van der Waals surface area (Å²) in [7, 11) is 0. The van der Waals surface area contributed by atoms with E-state index in [0.29, 0.717) is 0 Å². The molecule has 20 heavy (non-hydrogen) atoms. The van der Waals surface area contributed by atoms with Crippen molar-refractivity contribution < 1.29 is 0 Å². The second-order valence-electron chi connectivity index (χ2n) is 5.39. The van der Waals surface area contributed by atoms with Crippen LogP contribution in [0.5, 0.6) is 0 Å². The number of hydrogen-bond donors (Lipinski definition) is 2. The van der Waals surface area contributed by atoms with Gasteiger partial charge in [-0.3, -0.25) is 5.84 Å². The Morgan fingerprint density at radius 1 is 0.850 bits per heavy atom. The first-order chi connectivity index (χ1) is 9.43. The maximum atomic E-state index is 6.04. The van der Waals surface area contributed by atoms with Gasteiger partial charge in [0.05, 0.1) is 6.04 Å². The summed E-state index contributed by atoms with van der Waals surface area (Å²) < 4.78 is 0. The van der Waals surface area contributed by atoms with Gasteiger partial charge in [0.2, 0.25) is 0 Å². The van der Waals surface area contributed by atoms with Crippen LogP contribution in [0, 0.1) is 27.7 Å². The summed E-state index contributed by atoms with van der Waals surface area (Å²) in [6.07, 6.45) is 0. The molecule has 2 rings (SSSR count). The van der Waals surface area contributed by atoms with Crippen LogP contribution in [0.15, 0.2) is 30.3 Å². The summed E-state index contributed by atoms with van der Waals surface area (Å²) >= 11 is 6.04. The van der Waals surface area contributed by atoms with E-state index in [-0.39, 0.29) is 6.04 Å². The van der Waals surface area contributed by atoms with E-state index in [0.717, 1.165) is 16.1 Å². The van der Waals surface area contributed by atoms with Gasteiger partial charge in [-0.25, -0.2) is 5.43 Å². The van der Waals surface area contributed by atoms with Gasteiger partial charge in [-0.1, -0.05) is 29.8 Å². The molecule has 3 heteroatoms. The van der Waals surface area contributed by atoms with Crippen LogP contribution in [0.3, 0.4) is 0 Å². The minimum absolute atomic E-state index is 0.0217. The number of halogens is 1. The second kappa shape index (κ2) is 5.96. The topological polar surface area (TPSA) is 38.0 Å². The number of rotatable bonds is 3. The quantitative estimate of drug-likeness (QED) is 0.658. The molecular weight excluding hydrogens is 268 g/mol. The lowest BCUT2D eigenvalue weighted by molar-refractivity contribution is 0.630. The monoisotopic (exact) mass is 288 g/mol. The molecule has 2 aromatic carbocycles. The van der Waals surface area contributed by atoms with Gasteiger partial charge in [0, 0.05) is 5.02 Å². The fraction of sp³-hybridized carbons (Fsp3) is 0.294. The van der Waals surface area contributed by atoms with E-state index in [2.05, 4.69) is 45.3 Å². The molecule has 0 heterocycles. The summed E-state index contributed by atoms with van der Waals surface area (Å²) in [4.78, 5) is 0. The Hall–Kier alpha value is -1.35. The molecule has 3 N–H and O–H groups in total. The van der Waals surface area contributed by atoms with Crippen LogP contribution in [-0.4, -0.2) is 0 Å². The predicted octanol–water partition coefficient (Wildman–Crippen LogP) is 4.13. The van der Waals surface area contributed by atoms with Crippen molar-refractivity contribution in [3.8, 4) is 0 Å². The highest BCUT2D eigenvalue weighted by Crippen LogP contribution is 2.29. The molecule has 2 aromatic rings. The summed E-state index contributed by atoms with van der Waals surface area (Å²) in [6, 6.07) is 10.3. The fourth-order valence-electron chi connectivity index (χ4n) is 2.60. The van der Waals surface area contributed by atoms with Gasteiger partial charge in [0.1, 0.15) is 0 Å². The highest BCUT2D eigenvalue weighted by molar-refractivity contribution is 6.30. The van der Waals surface area contributed by atoms with E-state index in [1.54, 1.807) is 0 Å². The van der Waals surface area contributed by atoms with Gasteiger partial charge >= 0.3 is 0 Å². The van der Waals surface area contributed by atoms with Gasteiger partial charge < -0.3 is 0 Å². The van der Waals surface area contributed by atoms with E-state index < -0.39 is 0 Å². The van der Waals surface area contributed by atoms with Gasteiger partial charge in [-0.05, 0) is 73.2 Å². The van der Waals surface area contributed by atoms with Crippen LogP contribution in [-0.2, 0) is 0 Å². The highest BCUT2D eigenvalue weighted by atomic mass is 35.5. The largest absolute Gasteiger partial charge is 0.271 e. The number of hydrogen-bond acceptors (Lipinski definition) is 2. The Morgan fingerprint density at radius 2 is 1.45 bits per heavy atom. The normalized spacial score (nSPS) is 12.5. The zero-order chi connectivity index (χ0) is 14.9. The summed E-state index contributed by atoms with van der Waals surface area (Å²) in [5.74, 6) is 5.82. The summed E-state index contributed by atoms with van der Waals surface area (Å²) in [6.45, 7) is 8.43. The van der Waals surface area contributed by atoms with Crippen molar-refractivity contribution in [2.75, 3.05) is 0 Å². The fourth-order valence-corrected chi connectivity index (χ4v) is 2.83. The number of benzene rings is 2. The van der Waals surface area contributed by atoms with Crippen molar-refractivity contribution in [3.05, 3.63) is 68.7 Å². The minimum atomic E-state index is -0.0217. The minimum Gasteiger partial charge on any atom is -0.271 e. The smallest absolute Gasteiger partial charge is 0.0715 e. The molecule has 1 unspecified atom stereocenters. The number of aryl methyl sites for hydroxylation is 4. The number of nitrogens with two attached hydrogens (primary N) is 1. The maximum Gasteiger partial charge on any atom is 0.0715 e. The summed E-state index contributed by atoms with van der Waals surface area (Å²) in [5, 5.41) is 0.749. The molecule has 106 valence electrons. The molecule has 1 atom stereocenters. The molecule has 0 fully saturated rings. The standard InChI is InChI=1S/C17H21ClN2/c1-10-7-12(3)16(9-11(10)2)17(20-19)15-6-5-14(18)8-13(15)4/h5-9,17,20H,19H2,1-4H3. The average Bonchev–Trinajstić information content (AvgIpc) is 2.38. The number of nitrogens with one attached hydrogen (secondary N) is 1. The van der Waals surface area contributed by atoms with Crippen molar-refractivity contribution >= 4 is 11.6 Å². The van der Waals surface area contributed by atoms with Crippen LogP contribution in [0.4, 0.5) is 0 Å². The van der Waals surface area contributed by atoms with Gasteiger partial charge in [0.15, 0.2) is 0 Å². The van der Waals surface area contributed by atoms with Crippen LogP contribution in [0.25, 0.3) is 0 Å². The molecule has 0 radical (unpaired) electrons. The van der Waals surface area contributed by atoms with Gasteiger partial charge in [0.25, 0.3) is 0 Å². The number of hydrazine groups is 1. The van der Waals surface area contributed by atoms with Crippen molar-refractivity contribution in [1.29, 1.82) is 0 Å². The van der Waals surface area contributed by atoms with Crippen molar-refractivity contribution in [2.45, 2.75) is 33.7 Å². The Labute approximate surface area is 125 Å². The molecule has 0 aliphatic rings. The third-order valence-corrected chi connectivity index (χ3v) is 4.14. The lowest BCUT2D eigenvalue weighted by Gasteiger charge is -2.22. The molecule has 2 nitrogen and oxygen atoms in total. The third-order valence-electron chi connectivity index (χ3n) is 3.90. The predicted molar refractivity (Wildman–Crippen MR) is 86.0 cm³/mol. The Kier molecular flexibility index (Phi) is 4.48. The highest BCUT2D eigenvalue weighted by Gasteiger charge is 2.17. The van der Waals surface area contributed by atoms with Crippen LogP contribution < -0.4 is 11.3 Å². The third kappa shape index (κ3) is 2.88. The van der Waals surface area contributed by atoms with E-state index in [1.807, 2.05) is 18.2 Å². The van der Waals surface area contributed by atoms with Crippen molar-refractivity contribution in [3.63, 3.8) is 0 Å². The van der Waals surface area contributed by atoms with Crippen LogP contribution in [0.1, 0.15) is 39.4 Å². The molecule has 0 bridgehead atoms. The molecule has 0 amide bonds. The molecule has 0 aliphatic heterocycles. The lowest BCUT2D eigenvalue weighted by atomic mass is 9.90. The molecule has 0 spiro atoms. The van der Waals surface area contributed by atoms with Crippen LogP contribution in [0.2, 0.25) is 5.02 Å². The molecular formula is C17H21ClN2. The molecule has 0 saturated carbocycles. The zero-order valence-electron chi connectivity index (χ0n) is 12.4. The second-order valence-corrected chi connectivity index (χ2v) is 5.83. The summed E-state index contributed by atoms with van der Waals surface area (Å²) in [5.41, 5.74) is 10.3. The first-order valence-electron chi connectivity index (χ1n) is 6.74. The first kappa shape index (κ1) is 15.0. The SMILES string of the molecule is Cc1cc(C)c(C(NN)c2ccc(Cl)cc2C)cc1C. The molecule has 0 aromatic heterocycles. The zero-order valence-corrected chi connectivity index (χ0v) is 13.2. The van der Waals surface area contributed by atoms with Gasteiger partial charge in [-0.15, -0.1) is 0 Å². The first-order valence-corrected chi connectivity index (χ1v) is 7.11. The lowest BCUT2D eigenvalue weighted by Crippen LogP contribution is -2.30. The maximum absolute atomic E-state index is 6.04. The van der Waals surface area contributed by atoms with E-state index >= 15 is 0 Å². The van der Waals surface area contributed by atoms with Crippen molar-refractivity contribution in [1.82, 2.24) is 5.43 Å². The van der Waals surface area contributed by atoms with E-state index in [1.165, 1.54) is 22.3 Å². The molecule has 0 saturated heterocycles. The Bertz CT molecular complexity index is 635. The van der Waals surface area contributed by atoms with Gasteiger partial charge in [-0.2, -0.15) is 0 Å². The van der Waals surface area contributed by atoms with Crippen molar-refractivity contribution in [2.24, 2.45) is 5.84 Å². The van der Waals surface area contributed by atoms with E-state index in [9.17, 15) is 0 Å². The van der Waals surface area contributed by atoms with Crippen LogP contribution >= 0.6 is 11.6 Å². The molecule has 0 aliphatic carbocycles. The Morgan fingerprint density at radius 3 is 2.05 bits per heavy atom.